The second-order valence-corrected chi connectivity index (χ2v) is 19.0. The lowest BCUT2D eigenvalue weighted by molar-refractivity contribution is -0.132. The molecule has 0 radical (unpaired) electrons. The Labute approximate surface area is 438 Å². The molecule has 1 saturated heterocycles. The Morgan fingerprint density at radius 3 is 1.76 bits per heavy atom. The molecule has 1 unspecified atom stereocenters. The fraction of sp³-hybridized carbons (Fsp3) is 0.274. The summed E-state index contributed by atoms with van der Waals surface area (Å²) in [4.78, 5) is 22.3. The largest absolute Gasteiger partial charge is 0.506 e. The standard InChI is InChI=1S/C62H61ClN4O7/c1-5-7-8-9-22-31-52(72-59(68)69)43-60(6-2)54(73-62(47-27-18-12-19-28-47,48-29-20-13-21-30-48)49-34-38-51(71-4)39-35-49)42-55(74-60)67-41-40-53-56(64-58(63)65-57(53)67)66-61(44-23-14-10-15-24-44,45-25-16-11-17-26-45)46-32-36-50(70-3)37-33-46/h2,10-21,23-30,32-41,52,54-55H,5,7-9,22,31,42-43H2,1,3-4H3,(H,68,69)(H,64,65,66)/t52?,54-,55+,60-/m0/s1. The molecule has 1 aliphatic heterocycles. The number of halogens is 1. The Bertz CT molecular complexity index is 3050. The molecule has 9 rings (SSSR count). The number of ether oxygens (including phenoxy) is 5. The van der Waals surface area contributed by atoms with Gasteiger partial charge in [-0.3, -0.25) is 0 Å². The van der Waals surface area contributed by atoms with Crippen LogP contribution in [0.25, 0.3) is 11.0 Å². The molecule has 8 aromatic rings. The molecule has 0 spiro atoms. The minimum atomic E-state index is -1.53. The minimum Gasteiger partial charge on any atom is -0.497 e. The zero-order valence-corrected chi connectivity index (χ0v) is 42.7. The van der Waals surface area contributed by atoms with E-state index in [2.05, 4.69) is 42.4 Å². The summed E-state index contributed by atoms with van der Waals surface area (Å²) >= 11 is 7.02. The summed E-state index contributed by atoms with van der Waals surface area (Å²) in [6.07, 6.45) is 10.4. The molecule has 378 valence electrons. The van der Waals surface area contributed by atoms with Crippen molar-refractivity contribution in [2.24, 2.45) is 0 Å². The maximum Gasteiger partial charge on any atom is 0.506 e. The molecule has 11 nitrogen and oxygen atoms in total. The summed E-state index contributed by atoms with van der Waals surface area (Å²) in [5, 5.41) is 14.8. The molecule has 0 saturated carbocycles. The van der Waals surface area contributed by atoms with Crippen LogP contribution in [0.5, 0.6) is 11.5 Å². The highest BCUT2D eigenvalue weighted by molar-refractivity contribution is 6.28. The number of benzene rings is 6. The number of unbranched alkanes of at least 4 members (excludes halogenated alkanes) is 4. The normalized spacial score (nSPS) is 17.1. The fourth-order valence-corrected chi connectivity index (χ4v) is 10.8. The van der Waals surface area contributed by atoms with Crippen LogP contribution in [0.15, 0.2) is 182 Å². The van der Waals surface area contributed by atoms with Gasteiger partial charge in [0.1, 0.15) is 52.5 Å². The molecule has 1 fully saturated rings. The van der Waals surface area contributed by atoms with Crippen molar-refractivity contribution in [1.29, 1.82) is 0 Å². The van der Waals surface area contributed by atoms with Crippen LogP contribution in [-0.4, -0.2) is 57.8 Å². The molecule has 0 amide bonds. The van der Waals surface area contributed by atoms with Gasteiger partial charge in [-0.05, 0) is 88.2 Å². The van der Waals surface area contributed by atoms with Crippen molar-refractivity contribution in [3.63, 3.8) is 0 Å². The summed E-state index contributed by atoms with van der Waals surface area (Å²) in [5.41, 5.74) is 2.05. The summed E-state index contributed by atoms with van der Waals surface area (Å²) < 4.78 is 34.0. The van der Waals surface area contributed by atoms with Gasteiger partial charge in [0, 0.05) is 19.0 Å². The summed E-state index contributed by atoms with van der Waals surface area (Å²) in [6.45, 7) is 2.16. The monoisotopic (exact) mass is 1010 g/mol. The lowest BCUT2D eigenvalue weighted by atomic mass is 9.77. The fourth-order valence-electron chi connectivity index (χ4n) is 10.6. The van der Waals surface area contributed by atoms with E-state index in [4.69, 9.17) is 51.7 Å². The molecular weight excluding hydrogens is 948 g/mol. The number of nitrogens with one attached hydrogen (secondary N) is 1. The molecular formula is C62H61ClN4O7. The maximum atomic E-state index is 12.5. The van der Waals surface area contributed by atoms with E-state index in [9.17, 15) is 9.90 Å². The minimum absolute atomic E-state index is 0.00314. The first-order chi connectivity index (χ1) is 36.2. The van der Waals surface area contributed by atoms with Crippen LogP contribution in [0.4, 0.5) is 10.6 Å². The number of fused-ring (bicyclic) bond motifs is 1. The van der Waals surface area contributed by atoms with Gasteiger partial charge >= 0.3 is 6.16 Å². The van der Waals surface area contributed by atoms with Crippen molar-refractivity contribution >= 4 is 34.6 Å². The van der Waals surface area contributed by atoms with Gasteiger partial charge in [0.15, 0.2) is 5.60 Å². The summed E-state index contributed by atoms with van der Waals surface area (Å²) in [7, 11) is 3.28. The van der Waals surface area contributed by atoms with Crippen molar-refractivity contribution in [2.45, 2.75) is 93.5 Å². The molecule has 0 bridgehead atoms. The lowest BCUT2D eigenvalue weighted by Gasteiger charge is -2.42. The van der Waals surface area contributed by atoms with Gasteiger partial charge in [-0.15, -0.1) is 6.42 Å². The van der Waals surface area contributed by atoms with Crippen molar-refractivity contribution in [2.75, 3.05) is 19.5 Å². The number of terminal acetylenes is 1. The molecule has 4 atom stereocenters. The van der Waals surface area contributed by atoms with Crippen LogP contribution in [0.3, 0.4) is 0 Å². The van der Waals surface area contributed by atoms with Gasteiger partial charge in [-0.1, -0.05) is 184 Å². The first-order valence-corrected chi connectivity index (χ1v) is 25.6. The van der Waals surface area contributed by atoms with Crippen molar-refractivity contribution < 1.29 is 33.6 Å². The van der Waals surface area contributed by atoms with Crippen LogP contribution < -0.4 is 14.8 Å². The average Bonchev–Trinajstić information content (AvgIpc) is 4.04. The predicted molar refractivity (Wildman–Crippen MR) is 290 cm³/mol. The number of carboxylic acid groups (broad SMARTS) is 1. The number of rotatable bonds is 22. The van der Waals surface area contributed by atoms with Crippen molar-refractivity contribution in [1.82, 2.24) is 14.5 Å². The highest BCUT2D eigenvalue weighted by atomic mass is 35.5. The van der Waals surface area contributed by atoms with Crippen molar-refractivity contribution in [3.05, 3.63) is 221 Å². The van der Waals surface area contributed by atoms with E-state index in [0.717, 1.165) is 71.2 Å². The van der Waals surface area contributed by atoms with Gasteiger partial charge in [0.05, 0.1) is 19.6 Å². The Kier molecular flexibility index (Phi) is 16.0. The Morgan fingerprint density at radius 1 is 0.743 bits per heavy atom. The molecule has 3 heterocycles. The number of aromatic nitrogens is 3. The predicted octanol–water partition coefficient (Wildman–Crippen LogP) is 14.0. The van der Waals surface area contributed by atoms with E-state index in [0.29, 0.717) is 29.0 Å². The number of nitrogens with zero attached hydrogens (tertiary/aromatic N) is 3. The van der Waals surface area contributed by atoms with Crippen LogP contribution in [-0.2, 0) is 25.4 Å². The SMILES string of the molecule is C#C[C@@]1(CC(CCCCCCC)OC(=O)O)O[C@@H](n2ccc3c(NC(c4ccccc4)(c4ccccc4)c4ccc(OC)cc4)nc(Cl)nc32)C[C@@H]1OC(c1ccccc1)(c1ccccc1)c1ccc(OC)cc1. The van der Waals surface area contributed by atoms with E-state index in [1.54, 1.807) is 14.2 Å². The van der Waals surface area contributed by atoms with Gasteiger partial charge in [-0.2, -0.15) is 4.98 Å². The first-order valence-electron chi connectivity index (χ1n) is 25.2. The van der Waals surface area contributed by atoms with Crippen LogP contribution >= 0.6 is 11.6 Å². The third-order valence-electron chi connectivity index (χ3n) is 14.2. The smallest absolute Gasteiger partial charge is 0.497 e. The van der Waals surface area contributed by atoms with Gasteiger partial charge in [-0.25, -0.2) is 9.78 Å². The zero-order valence-electron chi connectivity index (χ0n) is 41.9. The molecule has 2 N–H and O–H groups in total. The third-order valence-corrected chi connectivity index (χ3v) is 14.4. The van der Waals surface area contributed by atoms with E-state index in [-0.39, 0.29) is 18.1 Å². The number of hydrogen-bond acceptors (Lipinski definition) is 9. The Hall–Kier alpha value is -7.62. The zero-order chi connectivity index (χ0) is 51.5. The number of anilines is 1. The molecule has 1 aliphatic rings. The molecule has 0 aliphatic carbocycles. The van der Waals surface area contributed by atoms with E-state index < -0.39 is 41.3 Å². The number of carbonyl (C=O) groups is 1. The topological polar surface area (TPSA) is 126 Å². The van der Waals surface area contributed by atoms with Crippen LogP contribution in [0.1, 0.15) is 97.9 Å². The first kappa shape index (κ1) is 51.3. The highest BCUT2D eigenvalue weighted by Crippen LogP contribution is 2.51. The van der Waals surface area contributed by atoms with Crippen molar-refractivity contribution in [3.8, 4) is 23.8 Å². The van der Waals surface area contributed by atoms with Crippen LogP contribution in [0, 0.1) is 12.3 Å². The van der Waals surface area contributed by atoms with Gasteiger partial charge < -0.3 is 38.7 Å². The lowest BCUT2D eigenvalue weighted by Crippen LogP contribution is -2.48. The molecule has 2 aromatic heterocycles. The molecule has 74 heavy (non-hydrogen) atoms. The summed E-state index contributed by atoms with van der Waals surface area (Å²) in [5.74, 6) is 4.93. The van der Waals surface area contributed by atoms with E-state index >= 15 is 0 Å². The molecule has 12 heteroatoms. The number of methoxy groups -OCH3 is 2. The Morgan fingerprint density at radius 2 is 1.24 bits per heavy atom. The quantitative estimate of drug-likeness (QED) is 0.0223. The van der Waals surface area contributed by atoms with Gasteiger partial charge in [0.2, 0.25) is 5.28 Å². The number of hydrogen-bond donors (Lipinski definition) is 2. The van der Waals surface area contributed by atoms with E-state index in [1.807, 2.05) is 162 Å². The Balaban J connectivity index is 1.19. The average molecular weight is 1010 g/mol. The second kappa shape index (κ2) is 23.1. The maximum absolute atomic E-state index is 12.5. The third kappa shape index (κ3) is 10.4. The van der Waals surface area contributed by atoms with Gasteiger partial charge in [0.25, 0.3) is 0 Å². The molecule has 6 aromatic carbocycles. The van der Waals surface area contributed by atoms with E-state index in [1.165, 1.54) is 0 Å². The highest BCUT2D eigenvalue weighted by Gasteiger charge is 2.55. The second-order valence-electron chi connectivity index (χ2n) is 18.6. The summed E-state index contributed by atoms with van der Waals surface area (Å²) in [6, 6.07) is 58.2. The van der Waals surface area contributed by atoms with Crippen LogP contribution in [0.2, 0.25) is 5.28 Å².